The molecule has 0 saturated heterocycles. The van der Waals surface area contributed by atoms with Gasteiger partial charge >= 0.3 is 92.6 Å². The Bertz CT molecular complexity index is 188. The van der Waals surface area contributed by atoms with Crippen LogP contribution in [0.25, 0.3) is 0 Å². The van der Waals surface area contributed by atoms with Crippen molar-refractivity contribution in [2.45, 2.75) is 51.3 Å². The summed E-state index contributed by atoms with van der Waals surface area (Å²) in [4.78, 5) is 10.8. The summed E-state index contributed by atoms with van der Waals surface area (Å²) in [6, 6.07) is 0. The van der Waals surface area contributed by atoms with Gasteiger partial charge in [-0.3, -0.25) is 0 Å². The molecule has 82 valence electrons. The molecular weight excluding hydrogens is 243 g/mol. The summed E-state index contributed by atoms with van der Waals surface area (Å²) in [6.45, 7) is 4.26. The van der Waals surface area contributed by atoms with Crippen LogP contribution in [0, 0.1) is 0 Å². The first kappa shape index (κ1) is 13.7. The van der Waals surface area contributed by atoms with E-state index in [1.54, 1.807) is 0 Å². The van der Waals surface area contributed by atoms with Gasteiger partial charge in [0, 0.05) is 0 Å². The third-order valence-corrected chi connectivity index (χ3v) is 4.26. The number of aliphatic carboxylic acids is 1. The fraction of sp³-hybridized carbons (Fsp3) is 0.727. The van der Waals surface area contributed by atoms with E-state index in [0.717, 1.165) is 37.4 Å². The normalized spacial score (nSPS) is 11.7. The Hall–Kier alpha value is -0.271. The second kappa shape index (κ2) is 9.29. The number of allylic oxidation sites excluding steroid dienone is 1. The van der Waals surface area contributed by atoms with E-state index in [9.17, 15) is 4.79 Å². The van der Waals surface area contributed by atoms with Crippen LogP contribution >= 0.6 is 0 Å². The Labute approximate surface area is 92.9 Å². The minimum atomic E-state index is -0.711. The molecule has 0 aromatic heterocycles. The van der Waals surface area contributed by atoms with Crippen molar-refractivity contribution >= 4 is 20.9 Å². The molecule has 1 N–H and O–H groups in total. The maximum absolute atomic E-state index is 10.8. The summed E-state index contributed by atoms with van der Waals surface area (Å²) in [5.74, 6) is -0.711. The number of rotatable bonds is 8. The van der Waals surface area contributed by atoms with Crippen molar-refractivity contribution in [1.82, 2.24) is 0 Å². The van der Waals surface area contributed by atoms with E-state index in [-0.39, 0.29) is 15.0 Å². The van der Waals surface area contributed by atoms with Crippen LogP contribution in [0.4, 0.5) is 0 Å². The minimum absolute atomic E-state index is 0.176. The van der Waals surface area contributed by atoms with Gasteiger partial charge in [0.2, 0.25) is 0 Å². The Morgan fingerprint density at radius 1 is 1.29 bits per heavy atom. The third kappa shape index (κ3) is 7.16. The topological polar surface area (TPSA) is 37.3 Å². The van der Waals surface area contributed by atoms with Crippen molar-refractivity contribution in [3.63, 3.8) is 0 Å². The van der Waals surface area contributed by atoms with Crippen molar-refractivity contribution < 1.29 is 9.90 Å². The molecule has 0 atom stereocenters. The van der Waals surface area contributed by atoms with Crippen molar-refractivity contribution in [3.05, 3.63) is 10.5 Å². The van der Waals surface area contributed by atoms with Gasteiger partial charge in [0.1, 0.15) is 0 Å². The fourth-order valence-electron chi connectivity index (χ4n) is 0.972. The third-order valence-electron chi connectivity index (χ3n) is 1.85. The number of hydrogen-bond donors (Lipinski definition) is 1. The number of carbonyl (C=O) groups is 1. The maximum atomic E-state index is 10.8. The van der Waals surface area contributed by atoms with Gasteiger partial charge in [-0.15, -0.1) is 0 Å². The Morgan fingerprint density at radius 3 is 2.43 bits per heavy atom. The van der Waals surface area contributed by atoms with Crippen molar-refractivity contribution in [3.8, 4) is 0 Å². The summed E-state index contributed by atoms with van der Waals surface area (Å²) in [7, 11) is 0. The molecule has 0 radical (unpaired) electrons. The molecule has 0 fully saturated rings. The van der Waals surface area contributed by atoms with E-state index >= 15 is 0 Å². The average Bonchev–Trinajstić information content (AvgIpc) is 2.15. The van der Waals surface area contributed by atoms with Crippen LogP contribution in [-0.4, -0.2) is 26.0 Å². The molecule has 0 rings (SSSR count). The SMILES string of the molecule is CCCC/C=C(\[Se]CCCC)C(=O)O. The summed E-state index contributed by atoms with van der Waals surface area (Å²) in [5.41, 5.74) is 0. The van der Waals surface area contributed by atoms with Gasteiger partial charge < -0.3 is 0 Å². The second-order valence-electron chi connectivity index (χ2n) is 3.22. The van der Waals surface area contributed by atoms with Crippen molar-refractivity contribution in [2.24, 2.45) is 0 Å². The molecule has 0 aliphatic heterocycles. The zero-order valence-electron chi connectivity index (χ0n) is 9.08. The van der Waals surface area contributed by atoms with Crippen molar-refractivity contribution in [1.29, 1.82) is 0 Å². The van der Waals surface area contributed by atoms with E-state index in [1.807, 2.05) is 6.08 Å². The molecule has 0 aromatic carbocycles. The van der Waals surface area contributed by atoms with Gasteiger partial charge in [0.05, 0.1) is 0 Å². The molecule has 0 aliphatic carbocycles. The fourth-order valence-corrected chi connectivity index (χ4v) is 3.10. The Kier molecular flexibility index (Phi) is 9.11. The first-order chi connectivity index (χ1) is 6.72. The van der Waals surface area contributed by atoms with Crippen molar-refractivity contribution in [2.75, 3.05) is 0 Å². The summed E-state index contributed by atoms with van der Waals surface area (Å²) in [6.07, 6.45) is 7.38. The van der Waals surface area contributed by atoms with Crippen LogP contribution in [0.5, 0.6) is 0 Å². The summed E-state index contributed by atoms with van der Waals surface area (Å²) >= 11 is 0.176. The summed E-state index contributed by atoms with van der Waals surface area (Å²) < 4.78 is 0.666. The molecule has 0 unspecified atom stereocenters. The molecule has 0 amide bonds. The van der Waals surface area contributed by atoms with Gasteiger partial charge in [0.25, 0.3) is 0 Å². The predicted molar refractivity (Wildman–Crippen MR) is 60.7 cm³/mol. The quantitative estimate of drug-likeness (QED) is 0.415. The number of hydrogen-bond acceptors (Lipinski definition) is 1. The molecule has 14 heavy (non-hydrogen) atoms. The zero-order chi connectivity index (χ0) is 10.8. The van der Waals surface area contributed by atoms with Crippen LogP contribution in [0.2, 0.25) is 5.32 Å². The van der Waals surface area contributed by atoms with Gasteiger partial charge in [-0.2, -0.15) is 0 Å². The molecule has 0 bridgehead atoms. The van der Waals surface area contributed by atoms with Crippen LogP contribution in [0.1, 0.15) is 46.0 Å². The molecule has 0 saturated carbocycles. The number of unbranched alkanes of at least 4 members (excludes halogenated alkanes) is 3. The zero-order valence-corrected chi connectivity index (χ0v) is 10.8. The number of carboxylic acids is 1. The predicted octanol–water partition coefficient (Wildman–Crippen LogP) is 3.07. The van der Waals surface area contributed by atoms with Gasteiger partial charge in [-0.1, -0.05) is 0 Å². The van der Waals surface area contributed by atoms with Crippen LogP contribution in [-0.2, 0) is 4.79 Å². The molecule has 2 nitrogen and oxygen atoms in total. The van der Waals surface area contributed by atoms with Crippen LogP contribution < -0.4 is 0 Å². The van der Waals surface area contributed by atoms with E-state index in [2.05, 4.69) is 13.8 Å². The second-order valence-corrected chi connectivity index (χ2v) is 5.60. The van der Waals surface area contributed by atoms with E-state index in [0.29, 0.717) is 4.47 Å². The van der Waals surface area contributed by atoms with Crippen LogP contribution in [0.15, 0.2) is 10.5 Å². The molecule has 0 aromatic rings. The van der Waals surface area contributed by atoms with Gasteiger partial charge in [-0.05, 0) is 0 Å². The summed E-state index contributed by atoms with van der Waals surface area (Å²) in [5, 5.41) is 9.98. The number of carboxylic acid groups (broad SMARTS) is 1. The molecule has 0 aliphatic rings. The van der Waals surface area contributed by atoms with Gasteiger partial charge in [0.15, 0.2) is 0 Å². The van der Waals surface area contributed by atoms with E-state index in [1.165, 1.54) is 0 Å². The standard InChI is InChI=1S/C11H20O2Se/c1-3-5-7-8-10(11(12)13)14-9-6-4-2/h8H,3-7,9H2,1-2H3,(H,12,13)/b10-8-. The average molecular weight is 263 g/mol. The molecule has 0 spiro atoms. The first-order valence-corrected chi connectivity index (χ1v) is 7.35. The Balaban J connectivity index is 3.88. The van der Waals surface area contributed by atoms with E-state index < -0.39 is 5.97 Å². The van der Waals surface area contributed by atoms with Crippen LogP contribution in [0.3, 0.4) is 0 Å². The first-order valence-electron chi connectivity index (χ1n) is 5.28. The molecular formula is C11H20O2Se. The molecule has 0 heterocycles. The molecule has 3 heteroatoms. The van der Waals surface area contributed by atoms with E-state index in [4.69, 9.17) is 5.11 Å². The Morgan fingerprint density at radius 2 is 1.93 bits per heavy atom. The van der Waals surface area contributed by atoms with Gasteiger partial charge in [-0.25, -0.2) is 0 Å². The monoisotopic (exact) mass is 264 g/mol.